The Labute approximate surface area is 183 Å². The van der Waals surface area contributed by atoms with E-state index in [0.29, 0.717) is 17.9 Å². The van der Waals surface area contributed by atoms with Gasteiger partial charge in [-0.25, -0.2) is 8.42 Å². The van der Waals surface area contributed by atoms with Gasteiger partial charge in [-0.05, 0) is 49.6 Å². The number of carbonyl (C=O) groups excluding carboxylic acids is 1. The molecule has 7 nitrogen and oxygen atoms in total. The number of rotatable bonds is 7. The lowest BCUT2D eigenvalue weighted by molar-refractivity contribution is 0.0757. The number of allylic oxidation sites excluding steroid dienone is 3. The SMILES string of the molecule is C=C(/C=C\C=C(/C)S(C)(=O)=O)[C@H]1CCCN1C(=O)c1ccc(-c2cn[nH]c2)c(OC)c1. The smallest absolute Gasteiger partial charge is 0.254 e. The van der Waals surface area contributed by atoms with Crippen LogP contribution >= 0.6 is 0 Å². The van der Waals surface area contributed by atoms with Crippen LogP contribution in [0.5, 0.6) is 5.75 Å². The molecule has 164 valence electrons. The lowest BCUT2D eigenvalue weighted by Crippen LogP contribution is -2.36. The Balaban J connectivity index is 1.79. The van der Waals surface area contributed by atoms with Crippen LogP contribution in [0.25, 0.3) is 11.1 Å². The molecule has 1 atom stereocenters. The molecule has 1 saturated heterocycles. The van der Waals surface area contributed by atoms with Gasteiger partial charge in [0.2, 0.25) is 0 Å². The highest BCUT2D eigenvalue weighted by molar-refractivity contribution is 7.94. The van der Waals surface area contributed by atoms with Gasteiger partial charge in [-0.2, -0.15) is 5.10 Å². The topological polar surface area (TPSA) is 92.4 Å². The van der Waals surface area contributed by atoms with Crippen molar-refractivity contribution < 1.29 is 17.9 Å². The number of aromatic amines is 1. The summed E-state index contributed by atoms with van der Waals surface area (Å²) in [7, 11) is -1.63. The quantitative estimate of drug-likeness (QED) is 0.661. The third-order valence-corrected chi connectivity index (χ3v) is 6.73. The maximum Gasteiger partial charge on any atom is 0.254 e. The average Bonchev–Trinajstić information content (AvgIpc) is 3.44. The molecule has 1 aromatic heterocycles. The van der Waals surface area contributed by atoms with Crippen LogP contribution in [0.15, 0.2) is 65.9 Å². The molecule has 3 rings (SSSR count). The molecule has 0 bridgehead atoms. The van der Waals surface area contributed by atoms with E-state index in [2.05, 4.69) is 16.8 Å². The van der Waals surface area contributed by atoms with E-state index in [-0.39, 0.29) is 16.9 Å². The van der Waals surface area contributed by atoms with Gasteiger partial charge >= 0.3 is 0 Å². The van der Waals surface area contributed by atoms with Crippen LogP contribution in [0, 0.1) is 0 Å². The third kappa shape index (κ3) is 5.14. The molecule has 1 aliphatic heterocycles. The van der Waals surface area contributed by atoms with Crippen LogP contribution in [0.4, 0.5) is 0 Å². The first-order chi connectivity index (χ1) is 14.7. The van der Waals surface area contributed by atoms with Crippen LogP contribution in [-0.2, 0) is 9.84 Å². The zero-order valence-corrected chi connectivity index (χ0v) is 18.8. The number of nitrogens with zero attached hydrogens (tertiary/aromatic N) is 2. The summed E-state index contributed by atoms with van der Waals surface area (Å²) < 4.78 is 28.5. The maximum absolute atomic E-state index is 13.2. The summed E-state index contributed by atoms with van der Waals surface area (Å²) in [5.74, 6) is 0.514. The van der Waals surface area contributed by atoms with Crippen LogP contribution in [0.3, 0.4) is 0 Å². The molecule has 1 aromatic carbocycles. The van der Waals surface area contributed by atoms with E-state index in [1.54, 1.807) is 56.8 Å². The number of likely N-dealkylation sites (tertiary alicyclic amines) is 1. The Morgan fingerprint density at radius 3 is 2.81 bits per heavy atom. The van der Waals surface area contributed by atoms with Gasteiger partial charge in [-0.3, -0.25) is 9.89 Å². The molecule has 0 radical (unpaired) electrons. The summed E-state index contributed by atoms with van der Waals surface area (Å²) in [4.78, 5) is 15.3. The van der Waals surface area contributed by atoms with Gasteiger partial charge in [-0.1, -0.05) is 18.7 Å². The van der Waals surface area contributed by atoms with Crippen LogP contribution in [0.1, 0.15) is 30.1 Å². The zero-order chi connectivity index (χ0) is 22.6. The molecule has 8 heteroatoms. The van der Waals surface area contributed by atoms with Crippen molar-refractivity contribution in [2.45, 2.75) is 25.8 Å². The number of amides is 1. The van der Waals surface area contributed by atoms with Gasteiger partial charge in [0.25, 0.3) is 5.91 Å². The summed E-state index contributed by atoms with van der Waals surface area (Å²) in [5, 5.41) is 6.74. The number of methoxy groups -OCH3 is 1. The number of H-pyrrole nitrogens is 1. The molecule has 1 fully saturated rings. The number of hydrogen-bond acceptors (Lipinski definition) is 5. The Hall–Kier alpha value is -3.13. The standard InChI is InChI=1S/C23H27N3O4S/c1-16(7-5-8-17(2)31(4,28)29)21-9-6-12-26(21)23(27)18-10-11-20(22(13-18)30-3)19-14-24-25-15-19/h5,7-8,10-11,13-15,21H,1,6,9,12H2,2-4H3,(H,24,25)/b7-5-,17-8+/t21-/m1/s1. The van der Waals surface area contributed by atoms with Gasteiger partial charge in [0.05, 0.1) is 19.3 Å². The predicted octanol–water partition coefficient (Wildman–Crippen LogP) is 3.75. The van der Waals surface area contributed by atoms with Crippen molar-refractivity contribution in [2.24, 2.45) is 0 Å². The van der Waals surface area contributed by atoms with Gasteiger partial charge in [0.15, 0.2) is 9.84 Å². The van der Waals surface area contributed by atoms with Crippen molar-refractivity contribution in [3.63, 3.8) is 0 Å². The summed E-state index contributed by atoms with van der Waals surface area (Å²) in [6.45, 7) is 6.30. The van der Waals surface area contributed by atoms with Crippen molar-refractivity contribution in [1.82, 2.24) is 15.1 Å². The molecule has 0 aliphatic carbocycles. The Morgan fingerprint density at radius 2 is 2.16 bits per heavy atom. The maximum atomic E-state index is 13.2. The molecule has 0 saturated carbocycles. The van der Waals surface area contributed by atoms with Crippen molar-refractivity contribution in [1.29, 1.82) is 0 Å². The second-order valence-electron chi connectivity index (χ2n) is 7.54. The highest BCUT2D eigenvalue weighted by atomic mass is 32.2. The monoisotopic (exact) mass is 441 g/mol. The molecule has 1 N–H and O–H groups in total. The second kappa shape index (κ2) is 9.34. The van der Waals surface area contributed by atoms with E-state index in [1.165, 1.54) is 6.26 Å². The van der Waals surface area contributed by atoms with E-state index in [0.717, 1.165) is 29.5 Å². The second-order valence-corrected chi connectivity index (χ2v) is 9.73. The number of ether oxygens (including phenoxy) is 1. The number of benzene rings is 1. The molecule has 0 unspecified atom stereocenters. The first-order valence-corrected chi connectivity index (χ1v) is 11.8. The third-order valence-electron chi connectivity index (χ3n) is 5.43. The number of sulfone groups is 1. The summed E-state index contributed by atoms with van der Waals surface area (Å²) >= 11 is 0. The van der Waals surface area contributed by atoms with Gasteiger partial charge < -0.3 is 9.64 Å². The number of carbonyl (C=O) groups is 1. The largest absolute Gasteiger partial charge is 0.496 e. The fraction of sp³-hybridized carbons (Fsp3) is 0.304. The molecule has 31 heavy (non-hydrogen) atoms. The fourth-order valence-electron chi connectivity index (χ4n) is 3.56. The predicted molar refractivity (Wildman–Crippen MR) is 122 cm³/mol. The molecule has 2 heterocycles. The van der Waals surface area contributed by atoms with Crippen molar-refractivity contribution in [3.8, 4) is 16.9 Å². The Bertz CT molecular complexity index is 1130. The van der Waals surface area contributed by atoms with Gasteiger partial charge in [-0.15, -0.1) is 0 Å². The highest BCUT2D eigenvalue weighted by Gasteiger charge is 2.30. The lowest BCUT2D eigenvalue weighted by atomic mass is 10.0. The number of hydrogen-bond donors (Lipinski definition) is 1. The Kier molecular flexibility index (Phi) is 6.80. The summed E-state index contributed by atoms with van der Waals surface area (Å²) in [5.41, 5.74) is 3.04. The molecule has 1 aliphatic rings. The normalized spacial score (nSPS) is 17.3. The first-order valence-electron chi connectivity index (χ1n) is 9.94. The molecular weight excluding hydrogens is 414 g/mol. The minimum absolute atomic E-state index is 0.0862. The fourth-order valence-corrected chi connectivity index (χ4v) is 3.89. The van der Waals surface area contributed by atoms with Crippen LogP contribution in [-0.4, -0.2) is 55.4 Å². The minimum Gasteiger partial charge on any atom is -0.496 e. The molecular formula is C23H27N3O4S. The summed E-state index contributed by atoms with van der Waals surface area (Å²) in [6, 6.07) is 5.27. The first kappa shape index (κ1) is 22.6. The van der Waals surface area contributed by atoms with E-state index in [1.807, 2.05) is 11.0 Å². The molecule has 0 spiro atoms. The van der Waals surface area contributed by atoms with Crippen LogP contribution < -0.4 is 4.74 Å². The average molecular weight is 442 g/mol. The van der Waals surface area contributed by atoms with E-state index in [4.69, 9.17) is 4.74 Å². The minimum atomic E-state index is -3.21. The molecule has 1 amide bonds. The van der Waals surface area contributed by atoms with Crippen molar-refractivity contribution in [3.05, 3.63) is 71.4 Å². The van der Waals surface area contributed by atoms with E-state index >= 15 is 0 Å². The van der Waals surface area contributed by atoms with Gasteiger partial charge in [0, 0.05) is 40.6 Å². The molecule has 2 aromatic rings. The van der Waals surface area contributed by atoms with Crippen molar-refractivity contribution in [2.75, 3.05) is 19.9 Å². The highest BCUT2D eigenvalue weighted by Crippen LogP contribution is 2.32. The van der Waals surface area contributed by atoms with E-state index in [9.17, 15) is 13.2 Å². The van der Waals surface area contributed by atoms with Crippen molar-refractivity contribution >= 4 is 15.7 Å². The lowest BCUT2D eigenvalue weighted by Gasteiger charge is -2.25. The zero-order valence-electron chi connectivity index (χ0n) is 18.0. The summed E-state index contributed by atoms with van der Waals surface area (Å²) in [6.07, 6.45) is 11.3. The van der Waals surface area contributed by atoms with Gasteiger partial charge in [0.1, 0.15) is 5.75 Å². The number of aromatic nitrogens is 2. The van der Waals surface area contributed by atoms with E-state index < -0.39 is 9.84 Å². The Morgan fingerprint density at radius 1 is 1.39 bits per heavy atom. The number of nitrogens with one attached hydrogen (secondary N) is 1. The van der Waals surface area contributed by atoms with Crippen LogP contribution in [0.2, 0.25) is 0 Å².